The number of hydrogen-bond donors (Lipinski definition) is 0. The number of ketones is 1. The quantitative estimate of drug-likeness (QED) is 0.860. The van der Waals surface area contributed by atoms with Crippen LogP contribution in [-0.4, -0.2) is 15.3 Å². The van der Waals surface area contributed by atoms with Crippen molar-refractivity contribution in [1.29, 1.82) is 0 Å². The fourth-order valence-corrected chi connectivity index (χ4v) is 3.41. The lowest BCUT2D eigenvalue weighted by atomic mass is 9.76. The Morgan fingerprint density at radius 2 is 2.26 bits per heavy atom. The molecule has 0 spiro atoms. The number of rotatable bonds is 3. The maximum Gasteiger partial charge on any atom is 0.165 e. The van der Waals surface area contributed by atoms with Gasteiger partial charge in [-0.05, 0) is 17.9 Å². The summed E-state index contributed by atoms with van der Waals surface area (Å²) in [6.45, 7) is 5.25. The largest absolute Gasteiger partial charge is 0.350 e. The minimum Gasteiger partial charge on any atom is -0.350 e. The standard InChI is InChI=1S/C15H18N2OS/c1-15(2)9-12-11(13(18)10-15)3-6-17(12)7-4-14-16-5-8-19-14/h3,5-6,8H,4,7,9-10H2,1-2H3. The fourth-order valence-electron chi connectivity index (χ4n) is 2.80. The summed E-state index contributed by atoms with van der Waals surface area (Å²) in [5.74, 6) is 0.291. The van der Waals surface area contributed by atoms with Crippen molar-refractivity contribution in [3.05, 3.63) is 40.1 Å². The van der Waals surface area contributed by atoms with Gasteiger partial charge in [-0.3, -0.25) is 4.79 Å². The maximum atomic E-state index is 12.1. The monoisotopic (exact) mass is 274 g/mol. The second-order valence-electron chi connectivity index (χ2n) is 5.99. The van der Waals surface area contributed by atoms with Gasteiger partial charge in [0.15, 0.2) is 5.78 Å². The first-order valence-electron chi connectivity index (χ1n) is 6.65. The Morgan fingerprint density at radius 1 is 1.42 bits per heavy atom. The lowest BCUT2D eigenvalue weighted by Gasteiger charge is -2.29. The summed E-state index contributed by atoms with van der Waals surface area (Å²) in [5, 5.41) is 3.16. The van der Waals surface area contributed by atoms with E-state index in [0.717, 1.165) is 30.0 Å². The summed E-state index contributed by atoms with van der Waals surface area (Å²) >= 11 is 1.69. The Bertz CT molecular complexity index is 596. The van der Waals surface area contributed by atoms with Gasteiger partial charge in [-0.25, -0.2) is 4.98 Å². The van der Waals surface area contributed by atoms with Crippen LogP contribution in [0.25, 0.3) is 0 Å². The van der Waals surface area contributed by atoms with Gasteiger partial charge in [0.25, 0.3) is 0 Å². The third kappa shape index (κ3) is 2.50. The second kappa shape index (κ2) is 4.60. The summed E-state index contributed by atoms with van der Waals surface area (Å²) in [5.41, 5.74) is 2.22. The lowest BCUT2D eigenvalue weighted by molar-refractivity contribution is 0.0910. The summed E-state index contributed by atoms with van der Waals surface area (Å²) in [6.07, 6.45) is 6.48. The van der Waals surface area contributed by atoms with Gasteiger partial charge in [-0.2, -0.15) is 0 Å². The highest BCUT2D eigenvalue weighted by atomic mass is 32.1. The molecule has 0 atom stereocenters. The van der Waals surface area contributed by atoms with Crippen molar-refractivity contribution in [2.45, 2.75) is 39.7 Å². The van der Waals surface area contributed by atoms with Gasteiger partial charge in [0.1, 0.15) is 0 Å². The van der Waals surface area contributed by atoms with Crippen molar-refractivity contribution >= 4 is 17.1 Å². The minimum absolute atomic E-state index is 0.0847. The average molecular weight is 274 g/mol. The highest BCUT2D eigenvalue weighted by Gasteiger charge is 2.32. The zero-order valence-electron chi connectivity index (χ0n) is 11.3. The van der Waals surface area contributed by atoms with E-state index in [0.29, 0.717) is 12.2 Å². The number of carbonyl (C=O) groups excluding carboxylic acids is 1. The van der Waals surface area contributed by atoms with Gasteiger partial charge in [0.2, 0.25) is 0 Å². The summed E-state index contributed by atoms with van der Waals surface area (Å²) in [4.78, 5) is 16.4. The number of Topliss-reactive ketones (excluding diaryl/α,β-unsaturated/α-hetero) is 1. The van der Waals surface area contributed by atoms with Gasteiger partial charge in [0.05, 0.1) is 5.01 Å². The molecule has 0 bridgehead atoms. The molecule has 100 valence electrons. The van der Waals surface area contributed by atoms with Crippen LogP contribution in [0, 0.1) is 5.41 Å². The first-order valence-corrected chi connectivity index (χ1v) is 7.53. The third-order valence-electron chi connectivity index (χ3n) is 3.71. The molecule has 0 unspecified atom stereocenters. The van der Waals surface area contributed by atoms with Crippen molar-refractivity contribution in [2.24, 2.45) is 5.41 Å². The molecule has 3 rings (SSSR count). The molecule has 0 N–H and O–H groups in total. The van der Waals surface area contributed by atoms with Crippen LogP contribution in [0.4, 0.5) is 0 Å². The molecule has 0 amide bonds. The van der Waals surface area contributed by atoms with E-state index in [4.69, 9.17) is 0 Å². The molecule has 1 aliphatic carbocycles. The average Bonchev–Trinajstić information content (AvgIpc) is 2.93. The third-order valence-corrected chi connectivity index (χ3v) is 4.55. The number of thiazole rings is 1. The molecule has 19 heavy (non-hydrogen) atoms. The Hall–Kier alpha value is -1.42. The normalized spacial score (nSPS) is 17.5. The molecule has 4 heteroatoms. The van der Waals surface area contributed by atoms with E-state index in [-0.39, 0.29) is 5.41 Å². The number of fused-ring (bicyclic) bond motifs is 1. The van der Waals surface area contributed by atoms with Gasteiger partial charge >= 0.3 is 0 Å². The maximum absolute atomic E-state index is 12.1. The number of carbonyl (C=O) groups is 1. The Labute approximate surface area is 117 Å². The van der Waals surface area contributed by atoms with Crippen molar-refractivity contribution < 1.29 is 4.79 Å². The molecule has 0 aromatic carbocycles. The van der Waals surface area contributed by atoms with Gasteiger partial charge in [-0.15, -0.1) is 11.3 Å². The Morgan fingerprint density at radius 3 is 3.00 bits per heavy atom. The number of hydrogen-bond acceptors (Lipinski definition) is 3. The topological polar surface area (TPSA) is 34.9 Å². The predicted octanol–water partition coefficient (Wildman–Crippen LogP) is 3.34. The van der Waals surface area contributed by atoms with Crippen LogP contribution >= 0.6 is 11.3 Å². The van der Waals surface area contributed by atoms with E-state index < -0.39 is 0 Å². The Kier molecular flexibility index (Phi) is 3.05. The summed E-state index contributed by atoms with van der Waals surface area (Å²) < 4.78 is 2.23. The van der Waals surface area contributed by atoms with Crippen LogP contribution in [0.15, 0.2) is 23.8 Å². The molecule has 1 aliphatic rings. The predicted molar refractivity (Wildman–Crippen MR) is 76.7 cm³/mol. The molecule has 0 fully saturated rings. The fraction of sp³-hybridized carbons (Fsp3) is 0.467. The molecule has 2 heterocycles. The molecule has 0 radical (unpaired) electrons. The molecule has 3 nitrogen and oxygen atoms in total. The Balaban J connectivity index is 1.82. The van der Waals surface area contributed by atoms with E-state index in [1.807, 2.05) is 17.6 Å². The summed E-state index contributed by atoms with van der Waals surface area (Å²) in [6, 6.07) is 1.98. The molecule has 0 saturated heterocycles. The SMILES string of the molecule is CC1(C)CC(=O)c2ccn(CCc3nccs3)c2C1. The van der Waals surface area contributed by atoms with Crippen molar-refractivity contribution in [3.8, 4) is 0 Å². The molecular formula is C15H18N2OS. The van der Waals surface area contributed by atoms with E-state index in [2.05, 4.69) is 29.6 Å². The molecule has 2 aromatic rings. The van der Waals surface area contributed by atoms with Gasteiger partial charge < -0.3 is 4.57 Å². The highest BCUT2D eigenvalue weighted by Crippen LogP contribution is 2.35. The van der Waals surface area contributed by atoms with E-state index in [1.54, 1.807) is 11.3 Å². The molecular weight excluding hydrogens is 256 g/mol. The van der Waals surface area contributed by atoms with E-state index >= 15 is 0 Å². The van der Waals surface area contributed by atoms with Gasteiger partial charge in [-0.1, -0.05) is 13.8 Å². The van der Waals surface area contributed by atoms with Crippen LogP contribution in [0.2, 0.25) is 0 Å². The van der Waals surface area contributed by atoms with Crippen LogP contribution in [-0.2, 0) is 19.4 Å². The van der Waals surface area contributed by atoms with Crippen LogP contribution in [0.5, 0.6) is 0 Å². The van der Waals surface area contributed by atoms with E-state index in [1.165, 1.54) is 5.69 Å². The van der Waals surface area contributed by atoms with E-state index in [9.17, 15) is 4.79 Å². The van der Waals surface area contributed by atoms with Crippen LogP contribution in [0.3, 0.4) is 0 Å². The van der Waals surface area contributed by atoms with Crippen molar-refractivity contribution in [3.63, 3.8) is 0 Å². The number of nitrogens with zero attached hydrogens (tertiary/aromatic N) is 2. The molecule has 0 aliphatic heterocycles. The van der Waals surface area contributed by atoms with Crippen molar-refractivity contribution in [2.75, 3.05) is 0 Å². The molecule has 2 aromatic heterocycles. The lowest BCUT2D eigenvalue weighted by Crippen LogP contribution is -2.28. The highest BCUT2D eigenvalue weighted by molar-refractivity contribution is 7.09. The second-order valence-corrected chi connectivity index (χ2v) is 6.97. The zero-order chi connectivity index (χ0) is 13.5. The first-order chi connectivity index (χ1) is 9.05. The number of aryl methyl sites for hydroxylation is 2. The smallest absolute Gasteiger partial charge is 0.165 e. The number of aromatic nitrogens is 2. The van der Waals surface area contributed by atoms with Crippen molar-refractivity contribution in [1.82, 2.24) is 9.55 Å². The van der Waals surface area contributed by atoms with Crippen LogP contribution < -0.4 is 0 Å². The molecule has 0 saturated carbocycles. The van der Waals surface area contributed by atoms with Crippen LogP contribution in [0.1, 0.15) is 41.3 Å². The zero-order valence-corrected chi connectivity index (χ0v) is 12.2. The first kappa shape index (κ1) is 12.6. The summed E-state index contributed by atoms with van der Waals surface area (Å²) in [7, 11) is 0. The van der Waals surface area contributed by atoms with Gasteiger partial charge in [0, 0.05) is 48.4 Å². The minimum atomic E-state index is 0.0847.